The Morgan fingerprint density at radius 3 is 2.45 bits per heavy atom. The van der Waals surface area contributed by atoms with Gasteiger partial charge in [0.1, 0.15) is 5.82 Å². The van der Waals surface area contributed by atoms with Crippen LogP contribution in [0.5, 0.6) is 0 Å². The van der Waals surface area contributed by atoms with Gasteiger partial charge in [-0.05, 0) is 35.9 Å². The van der Waals surface area contributed by atoms with Crippen LogP contribution < -0.4 is 11.1 Å². The van der Waals surface area contributed by atoms with Crippen LogP contribution in [0.25, 0.3) is 0 Å². The zero-order valence-corrected chi connectivity index (χ0v) is 16.0. The van der Waals surface area contributed by atoms with Crippen molar-refractivity contribution < 1.29 is 22.4 Å². The summed E-state index contributed by atoms with van der Waals surface area (Å²) in [6.07, 6.45) is -1.66. The van der Waals surface area contributed by atoms with Gasteiger partial charge in [-0.25, -0.2) is 14.4 Å². The predicted molar refractivity (Wildman–Crippen MR) is 106 cm³/mol. The number of benzene rings is 2. The molecule has 1 amide bonds. The summed E-state index contributed by atoms with van der Waals surface area (Å²) in [4.78, 5) is 19.9. The van der Waals surface area contributed by atoms with E-state index < -0.39 is 23.5 Å². The fourth-order valence-corrected chi connectivity index (χ4v) is 2.63. The van der Waals surface area contributed by atoms with Gasteiger partial charge in [-0.15, -0.1) is 0 Å². The van der Waals surface area contributed by atoms with E-state index in [1.54, 1.807) is 24.3 Å². The fraction of sp³-hybridized carbons (Fsp3) is 0.136. The molecule has 0 spiro atoms. The third-order valence-electron chi connectivity index (χ3n) is 4.16. The molecule has 1 aromatic heterocycles. The van der Waals surface area contributed by atoms with Crippen LogP contribution in [0.2, 0.25) is 0 Å². The highest BCUT2D eigenvalue weighted by atomic mass is 19.4. The molecule has 2 aromatic carbocycles. The first-order valence-corrected chi connectivity index (χ1v) is 9.01. The van der Waals surface area contributed by atoms with Crippen molar-refractivity contribution in [2.45, 2.75) is 19.1 Å². The van der Waals surface area contributed by atoms with Gasteiger partial charge in [0.05, 0.1) is 17.5 Å². The summed E-state index contributed by atoms with van der Waals surface area (Å²) in [6, 6.07) is 8.97. The number of nitrogen functional groups attached to an aromatic ring is 1. The lowest BCUT2D eigenvalue weighted by Gasteiger charge is -2.11. The number of carbonyl (C=O) groups is 1. The van der Waals surface area contributed by atoms with E-state index in [2.05, 4.69) is 27.1 Å². The second-order valence-electron chi connectivity index (χ2n) is 6.54. The van der Waals surface area contributed by atoms with Gasteiger partial charge >= 0.3 is 6.18 Å². The number of amides is 1. The van der Waals surface area contributed by atoms with E-state index in [1.165, 1.54) is 12.4 Å². The lowest BCUT2D eigenvalue weighted by molar-refractivity contribution is -0.137. The van der Waals surface area contributed by atoms with Crippen LogP contribution in [0.15, 0.2) is 54.9 Å². The van der Waals surface area contributed by atoms with Crippen molar-refractivity contribution in [3.8, 4) is 11.8 Å². The van der Waals surface area contributed by atoms with Gasteiger partial charge in [0.2, 0.25) is 11.9 Å². The summed E-state index contributed by atoms with van der Waals surface area (Å²) < 4.78 is 52.1. The Morgan fingerprint density at radius 1 is 1.03 bits per heavy atom. The summed E-state index contributed by atoms with van der Waals surface area (Å²) in [5.41, 5.74) is 6.05. The molecule has 1 heterocycles. The summed E-state index contributed by atoms with van der Waals surface area (Å²) in [7, 11) is 0. The molecule has 0 bridgehead atoms. The molecule has 0 saturated carbocycles. The molecule has 158 valence electrons. The Balaban J connectivity index is 1.63. The fourth-order valence-electron chi connectivity index (χ4n) is 2.63. The third kappa shape index (κ3) is 6.27. The minimum absolute atomic E-state index is 0.0406. The Kier molecular flexibility index (Phi) is 6.50. The van der Waals surface area contributed by atoms with Crippen molar-refractivity contribution in [2.75, 3.05) is 5.73 Å². The molecule has 5 nitrogen and oxygen atoms in total. The number of carbonyl (C=O) groups excluding carboxylic acids is 1. The van der Waals surface area contributed by atoms with Crippen LogP contribution in [0.1, 0.15) is 27.8 Å². The molecule has 0 unspecified atom stereocenters. The van der Waals surface area contributed by atoms with Gasteiger partial charge in [0, 0.05) is 30.1 Å². The van der Waals surface area contributed by atoms with Crippen molar-refractivity contribution in [3.05, 3.63) is 88.5 Å². The van der Waals surface area contributed by atoms with Crippen LogP contribution >= 0.6 is 0 Å². The highest BCUT2D eigenvalue weighted by Gasteiger charge is 2.31. The molecule has 0 aliphatic heterocycles. The van der Waals surface area contributed by atoms with Gasteiger partial charge < -0.3 is 11.1 Å². The molecule has 3 rings (SSSR count). The molecule has 0 aliphatic carbocycles. The summed E-state index contributed by atoms with van der Waals surface area (Å²) in [5, 5.41) is 2.44. The monoisotopic (exact) mass is 428 g/mol. The molecule has 0 atom stereocenters. The number of hydrogen-bond donors (Lipinski definition) is 2. The van der Waals surface area contributed by atoms with Gasteiger partial charge in [0.15, 0.2) is 0 Å². The maximum atomic E-state index is 13.8. The number of nitrogens with two attached hydrogens (primary N) is 1. The molecule has 3 N–H and O–H groups in total. The van der Waals surface area contributed by atoms with Crippen molar-refractivity contribution >= 4 is 11.9 Å². The largest absolute Gasteiger partial charge is 0.416 e. The van der Waals surface area contributed by atoms with Crippen LogP contribution in [-0.4, -0.2) is 15.9 Å². The number of rotatable bonds is 4. The van der Waals surface area contributed by atoms with E-state index in [1.807, 2.05) is 0 Å². The lowest BCUT2D eigenvalue weighted by atomic mass is 10.1. The standard InChI is InChI=1S/C22H16F4N4O/c23-19-7-6-18(22(24,25)26)10-17(19)13-28-20(31)9-15-3-1-2-14(8-15)4-5-16-11-29-21(27)30-12-16/h1-3,6-8,10-12H,9,13H2,(H,28,31)(H2,27,29,30). The smallest absolute Gasteiger partial charge is 0.368 e. The van der Waals surface area contributed by atoms with E-state index in [-0.39, 0.29) is 24.5 Å². The van der Waals surface area contributed by atoms with Gasteiger partial charge in [-0.3, -0.25) is 4.79 Å². The minimum atomic E-state index is -4.59. The molecule has 0 radical (unpaired) electrons. The zero-order valence-electron chi connectivity index (χ0n) is 16.0. The Bertz CT molecular complexity index is 1150. The normalized spacial score (nSPS) is 10.8. The molecule has 31 heavy (non-hydrogen) atoms. The first-order chi connectivity index (χ1) is 14.7. The summed E-state index contributed by atoms with van der Waals surface area (Å²) in [5.74, 6) is 4.65. The Hall–Kier alpha value is -3.93. The second-order valence-corrected chi connectivity index (χ2v) is 6.54. The van der Waals surface area contributed by atoms with Crippen LogP contribution in [0.3, 0.4) is 0 Å². The van der Waals surface area contributed by atoms with Gasteiger partial charge in [-0.1, -0.05) is 24.0 Å². The quantitative estimate of drug-likeness (QED) is 0.493. The summed E-state index contributed by atoms with van der Waals surface area (Å²) >= 11 is 0. The molecule has 0 fully saturated rings. The molecule has 0 aliphatic rings. The second kappa shape index (κ2) is 9.26. The van der Waals surface area contributed by atoms with Gasteiger partial charge in [0.25, 0.3) is 0 Å². The molecular weight excluding hydrogens is 412 g/mol. The minimum Gasteiger partial charge on any atom is -0.368 e. The molecule has 9 heteroatoms. The lowest BCUT2D eigenvalue weighted by Crippen LogP contribution is -2.25. The predicted octanol–water partition coefficient (Wildman–Crippen LogP) is 3.48. The molecule has 0 saturated heterocycles. The van der Waals surface area contributed by atoms with Crippen LogP contribution in [0, 0.1) is 17.7 Å². The Morgan fingerprint density at radius 2 is 1.74 bits per heavy atom. The van der Waals surface area contributed by atoms with Gasteiger partial charge in [-0.2, -0.15) is 13.2 Å². The van der Waals surface area contributed by atoms with Crippen molar-refractivity contribution in [1.82, 2.24) is 15.3 Å². The topological polar surface area (TPSA) is 80.9 Å². The van der Waals surface area contributed by atoms with E-state index in [9.17, 15) is 22.4 Å². The number of aromatic nitrogens is 2. The van der Waals surface area contributed by atoms with E-state index >= 15 is 0 Å². The number of alkyl halides is 3. The highest BCUT2D eigenvalue weighted by molar-refractivity contribution is 5.78. The maximum Gasteiger partial charge on any atom is 0.416 e. The van der Waals surface area contributed by atoms with E-state index in [0.717, 1.165) is 6.07 Å². The number of anilines is 1. The van der Waals surface area contributed by atoms with Crippen molar-refractivity contribution in [2.24, 2.45) is 0 Å². The van der Waals surface area contributed by atoms with E-state index in [4.69, 9.17) is 5.73 Å². The highest BCUT2D eigenvalue weighted by Crippen LogP contribution is 2.30. The van der Waals surface area contributed by atoms with Crippen LogP contribution in [-0.2, 0) is 23.9 Å². The summed E-state index contributed by atoms with van der Waals surface area (Å²) in [6.45, 7) is -0.356. The number of hydrogen-bond acceptors (Lipinski definition) is 4. The van der Waals surface area contributed by atoms with Crippen LogP contribution in [0.4, 0.5) is 23.5 Å². The molecular formula is C22H16F4N4O. The Labute approximate surface area is 175 Å². The maximum absolute atomic E-state index is 13.8. The first-order valence-electron chi connectivity index (χ1n) is 9.01. The first kappa shape index (κ1) is 21.8. The number of halogens is 4. The SMILES string of the molecule is Nc1ncc(C#Cc2cccc(CC(=O)NCc3cc(C(F)(F)F)ccc3F)c2)cn1. The average molecular weight is 428 g/mol. The third-order valence-corrected chi connectivity index (χ3v) is 4.16. The number of nitrogens with zero attached hydrogens (tertiary/aromatic N) is 2. The molecule has 3 aromatic rings. The van der Waals surface area contributed by atoms with E-state index in [0.29, 0.717) is 28.8 Å². The number of nitrogens with one attached hydrogen (secondary N) is 1. The van der Waals surface area contributed by atoms with Crippen molar-refractivity contribution in [1.29, 1.82) is 0 Å². The average Bonchev–Trinajstić information content (AvgIpc) is 2.72. The van der Waals surface area contributed by atoms with Crippen molar-refractivity contribution in [3.63, 3.8) is 0 Å². The zero-order chi connectivity index (χ0) is 22.4.